The van der Waals surface area contributed by atoms with E-state index in [1.54, 1.807) is 6.07 Å². The molecule has 0 spiro atoms. The predicted molar refractivity (Wildman–Crippen MR) is 71.4 cm³/mol. The molecule has 1 N–H and O–H groups in total. The maximum Gasteiger partial charge on any atom is 0.338 e. The maximum atomic E-state index is 10.8. The van der Waals surface area contributed by atoms with Crippen LogP contribution in [0.15, 0.2) is 47.2 Å². The van der Waals surface area contributed by atoms with E-state index in [9.17, 15) is 4.79 Å². The Morgan fingerprint density at radius 1 is 1.40 bits per heavy atom. The Balaban J connectivity index is 1.99. The quantitative estimate of drug-likeness (QED) is 0.790. The van der Waals surface area contributed by atoms with Gasteiger partial charge in [-0.15, -0.1) is 0 Å². The smallest absolute Gasteiger partial charge is 0.338 e. The van der Waals surface area contributed by atoms with Crippen LogP contribution in [0.25, 0.3) is 10.9 Å². The zero-order chi connectivity index (χ0) is 14.1. The normalized spacial score (nSPS) is 10.6. The van der Waals surface area contributed by atoms with Crippen LogP contribution in [0.1, 0.15) is 21.7 Å². The van der Waals surface area contributed by atoms with Crippen LogP contribution in [0.2, 0.25) is 0 Å². The fraction of sp³-hybridized carbons (Fsp3) is 0.0667. The van der Waals surface area contributed by atoms with Gasteiger partial charge in [0.25, 0.3) is 0 Å². The summed E-state index contributed by atoms with van der Waals surface area (Å²) in [5, 5.41) is 18.8. The van der Waals surface area contributed by atoms with Gasteiger partial charge in [0.1, 0.15) is 12.0 Å². The van der Waals surface area contributed by atoms with Crippen molar-refractivity contribution in [3.8, 4) is 6.07 Å². The summed E-state index contributed by atoms with van der Waals surface area (Å²) < 4.78 is 7.16. The molecule has 2 heterocycles. The molecule has 0 aliphatic rings. The fourth-order valence-corrected chi connectivity index (χ4v) is 2.20. The topological polar surface area (TPSA) is 79.2 Å². The second-order valence-electron chi connectivity index (χ2n) is 4.40. The molecule has 0 radical (unpaired) electrons. The van der Waals surface area contributed by atoms with Crippen molar-refractivity contribution in [3.63, 3.8) is 0 Å². The highest BCUT2D eigenvalue weighted by molar-refractivity contribution is 5.87. The first-order chi connectivity index (χ1) is 9.69. The number of aromatic nitrogens is 1. The second kappa shape index (κ2) is 4.59. The van der Waals surface area contributed by atoms with E-state index in [2.05, 4.69) is 6.07 Å². The van der Waals surface area contributed by atoms with E-state index in [-0.39, 0.29) is 5.56 Å². The van der Waals surface area contributed by atoms with Gasteiger partial charge in [-0.3, -0.25) is 0 Å². The number of hydrogen-bond acceptors (Lipinski definition) is 3. The van der Waals surface area contributed by atoms with E-state index >= 15 is 0 Å². The molecule has 0 saturated heterocycles. The third-order valence-electron chi connectivity index (χ3n) is 3.16. The molecule has 98 valence electrons. The SMILES string of the molecule is N#Cc1cccc2c1ccn2Cc1cc(C(=O)O)co1. The van der Waals surface area contributed by atoms with Crippen LogP contribution < -0.4 is 0 Å². The number of aromatic carboxylic acids is 1. The van der Waals surface area contributed by atoms with Crippen molar-refractivity contribution in [2.45, 2.75) is 6.54 Å². The van der Waals surface area contributed by atoms with Gasteiger partial charge in [-0.05, 0) is 24.3 Å². The molecule has 0 aliphatic heterocycles. The zero-order valence-corrected chi connectivity index (χ0v) is 10.4. The summed E-state index contributed by atoms with van der Waals surface area (Å²) in [5.41, 5.74) is 1.67. The van der Waals surface area contributed by atoms with Crippen molar-refractivity contribution in [1.82, 2.24) is 4.57 Å². The van der Waals surface area contributed by atoms with Gasteiger partial charge in [-0.25, -0.2) is 4.79 Å². The average Bonchev–Trinajstić information content (AvgIpc) is 3.06. The summed E-state index contributed by atoms with van der Waals surface area (Å²) in [5.74, 6) is -0.452. The van der Waals surface area contributed by atoms with Crippen molar-refractivity contribution < 1.29 is 14.3 Å². The van der Waals surface area contributed by atoms with Crippen molar-refractivity contribution in [1.29, 1.82) is 5.26 Å². The highest BCUT2D eigenvalue weighted by atomic mass is 16.4. The van der Waals surface area contributed by atoms with E-state index in [4.69, 9.17) is 14.8 Å². The number of carboxylic acid groups (broad SMARTS) is 1. The maximum absolute atomic E-state index is 10.8. The number of rotatable bonds is 3. The monoisotopic (exact) mass is 266 g/mol. The van der Waals surface area contributed by atoms with Gasteiger partial charge in [0.2, 0.25) is 0 Å². The molecule has 5 heteroatoms. The van der Waals surface area contributed by atoms with Gasteiger partial charge in [-0.2, -0.15) is 5.26 Å². The first-order valence-corrected chi connectivity index (χ1v) is 5.97. The van der Waals surface area contributed by atoms with Gasteiger partial charge in [0, 0.05) is 17.1 Å². The fourth-order valence-electron chi connectivity index (χ4n) is 2.20. The minimum atomic E-state index is -1.01. The van der Waals surface area contributed by atoms with E-state index < -0.39 is 5.97 Å². The molecule has 0 fully saturated rings. The third-order valence-corrected chi connectivity index (χ3v) is 3.16. The molecule has 3 aromatic rings. The lowest BCUT2D eigenvalue weighted by Gasteiger charge is -2.02. The number of nitrogens with zero attached hydrogens (tertiary/aromatic N) is 2. The molecule has 0 amide bonds. The lowest BCUT2D eigenvalue weighted by atomic mass is 10.1. The lowest BCUT2D eigenvalue weighted by Crippen LogP contribution is -1.97. The number of carboxylic acids is 1. The van der Waals surface area contributed by atoms with E-state index in [1.165, 1.54) is 12.3 Å². The Morgan fingerprint density at radius 2 is 2.25 bits per heavy atom. The predicted octanol–water partition coefficient (Wildman–Crippen LogP) is 2.85. The van der Waals surface area contributed by atoms with Crippen LogP contribution in [0.4, 0.5) is 0 Å². The Morgan fingerprint density at radius 3 is 2.95 bits per heavy atom. The molecular weight excluding hydrogens is 256 g/mol. The highest BCUT2D eigenvalue weighted by Gasteiger charge is 2.10. The Hall–Kier alpha value is -3.00. The van der Waals surface area contributed by atoms with Crippen LogP contribution in [0.5, 0.6) is 0 Å². The van der Waals surface area contributed by atoms with Crippen LogP contribution in [-0.4, -0.2) is 15.6 Å². The number of benzene rings is 1. The van der Waals surface area contributed by atoms with Crippen LogP contribution >= 0.6 is 0 Å². The van der Waals surface area contributed by atoms with Crippen LogP contribution in [-0.2, 0) is 6.54 Å². The summed E-state index contributed by atoms with van der Waals surface area (Å²) in [6, 6.07) is 11.0. The summed E-state index contributed by atoms with van der Waals surface area (Å²) in [6.45, 7) is 0.422. The molecule has 20 heavy (non-hydrogen) atoms. The molecule has 1 aromatic carbocycles. The molecule has 3 rings (SSSR count). The highest BCUT2D eigenvalue weighted by Crippen LogP contribution is 2.21. The van der Waals surface area contributed by atoms with Gasteiger partial charge < -0.3 is 14.1 Å². The largest absolute Gasteiger partial charge is 0.478 e. The molecule has 5 nitrogen and oxygen atoms in total. The minimum absolute atomic E-state index is 0.133. The number of carbonyl (C=O) groups is 1. The Labute approximate surface area is 114 Å². The number of hydrogen-bond donors (Lipinski definition) is 1. The molecule has 0 saturated carbocycles. The summed E-state index contributed by atoms with van der Waals surface area (Å²) >= 11 is 0. The Kier molecular flexibility index (Phi) is 2.77. The van der Waals surface area contributed by atoms with E-state index in [0.29, 0.717) is 17.9 Å². The van der Waals surface area contributed by atoms with Crippen molar-refractivity contribution >= 4 is 16.9 Å². The Bertz CT molecular complexity index is 836. The second-order valence-corrected chi connectivity index (χ2v) is 4.40. The molecule has 2 aromatic heterocycles. The van der Waals surface area contributed by atoms with Crippen LogP contribution in [0.3, 0.4) is 0 Å². The van der Waals surface area contributed by atoms with Gasteiger partial charge >= 0.3 is 5.97 Å². The van der Waals surface area contributed by atoms with Crippen molar-refractivity contribution in [2.75, 3.05) is 0 Å². The molecule has 0 aliphatic carbocycles. The average molecular weight is 266 g/mol. The van der Waals surface area contributed by atoms with Gasteiger partial charge in [0.05, 0.1) is 23.7 Å². The van der Waals surface area contributed by atoms with Crippen molar-refractivity contribution in [3.05, 3.63) is 59.7 Å². The first kappa shape index (κ1) is 12.1. The molecule has 0 atom stereocenters. The first-order valence-electron chi connectivity index (χ1n) is 5.97. The minimum Gasteiger partial charge on any atom is -0.478 e. The van der Waals surface area contributed by atoms with Gasteiger partial charge in [0.15, 0.2) is 0 Å². The third kappa shape index (κ3) is 1.93. The molecule has 0 unspecified atom stereocenters. The molecule has 0 bridgehead atoms. The van der Waals surface area contributed by atoms with Crippen LogP contribution in [0, 0.1) is 11.3 Å². The summed E-state index contributed by atoms with van der Waals surface area (Å²) in [6.07, 6.45) is 3.08. The van der Waals surface area contributed by atoms with E-state index in [1.807, 2.05) is 29.0 Å². The summed E-state index contributed by atoms with van der Waals surface area (Å²) in [7, 11) is 0. The van der Waals surface area contributed by atoms with Crippen molar-refractivity contribution in [2.24, 2.45) is 0 Å². The summed E-state index contributed by atoms with van der Waals surface area (Å²) in [4.78, 5) is 10.8. The number of furan rings is 1. The molecular formula is C15H10N2O3. The lowest BCUT2D eigenvalue weighted by molar-refractivity contribution is 0.0696. The standard InChI is InChI=1S/C15H10N2O3/c16-7-10-2-1-3-14-13(10)4-5-17(14)8-12-6-11(9-20-12)15(18)19/h1-6,9H,8H2,(H,18,19). The van der Waals surface area contributed by atoms with E-state index in [0.717, 1.165) is 10.9 Å². The zero-order valence-electron chi connectivity index (χ0n) is 10.4. The number of nitriles is 1. The van der Waals surface area contributed by atoms with Gasteiger partial charge in [-0.1, -0.05) is 6.07 Å². The number of fused-ring (bicyclic) bond motifs is 1.